The van der Waals surface area contributed by atoms with Crippen molar-refractivity contribution >= 4 is 0 Å². The Balaban J connectivity index is -0.0000000427. The zero-order valence-corrected chi connectivity index (χ0v) is 13.8. The van der Waals surface area contributed by atoms with Crippen LogP contribution in [0.5, 0.6) is 0 Å². The molecule has 0 saturated carbocycles. The molecule has 0 fully saturated rings. The minimum Gasteiger partial charge on any atom is -2.00 e. The molecule has 0 aliphatic rings. The second-order valence-corrected chi connectivity index (χ2v) is 2.15. The van der Waals surface area contributed by atoms with Gasteiger partial charge in [0.1, 0.15) is 0 Å². The largest absolute Gasteiger partial charge is 3.00 e. The van der Waals surface area contributed by atoms with Crippen LogP contribution in [0.3, 0.4) is 0 Å². The number of hydrogen-bond donors (Lipinski definition) is 0. The average Bonchev–Trinajstić information content (AvgIpc) is 1.77. The van der Waals surface area contributed by atoms with E-state index in [1.807, 2.05) is 0 Å². The molecular formula is C8H10Ce2O3. The first-order chi connectivity index (χ1) is 3.79. The molecule has 1 aromatic carbocycles. The predicted molar refractivity (Wildman–Crippen MR) is 38.0 cm³/mol. The van der Waals surface area contributed by atoms with Gasteiger partial charge in [0.05, 0.1) is 0 Å². The monoisotopic (exact) mass is 434 g/mol. The van der Waals surface area contributed by atoms with Crippen LogP contribution in [0, 0.1) is 97.3 Å². The SMILES string of the molecule is Cc1ccc(C)cc1.[Ce+3].[Ce+3].[O-2].[O-2].[O-2]. The van der Waals surface area contributed by atoms with Crippen molar-refractivity contribution < 1.29 is 99.9 Å². The Morgan fingerprint density at radius 2 is 0.769 bits per heavy atom. The van der Waals surface area contributed by atoms with Crippen molar-refractivity contribution in [3.63, 3.8) is 0 Å². The van der Waals surface area contributed by atoms with Gasteiger partial charge in [-0.05, 0) is 13.8 Å². The van der Waals surface area contributed by atoms with Gasteiger partial charge in [-0.1, -0.05) is 35.4 Å². The molecule has 0 aliphatic heterocycles. The normalized spacial score (nSPS) is 5.69. The Morgan fingerprint density at radius 3 is 0.923 bits per heavy atom. The van der Waals surface area contributed by atoms with Gasteiger partial charge < -0.3 is 16.4 Å². The number of rotatable bonds is 0. The maximum absolute atomic E-state index is 2.12. The minimum atomic E-state index is 0. The molecule has 0 atom stereocenters. The van der Waals surface area contributed by atoms with Crippen LogP contribution in [0.15, 0.2) is 24.3 Å². The maximum atomic E-state index is 2.12. The summed E-state index contributed by atoms with van der Waals surface area (Å²) in [6.45, 7) is 4.19. The van der Waals surface area contributed by atoms with E-state index in [1.54, 1.807) is 0 Å². The van der Waals surface area contributed by atoms with E-state index < -0.39 is 0 Å². The summed E-state index contributed by atoms with van der Waals surface area (Å²) in [6, 6.07) is 8.48. The molecule has 1 aromatic rings. The fourth-order valence-electron chi connectivity index (χ4n) is 0.637. The molecule has 0 bridgehead atoms. The molecule has 1 rings (SSSR count). The van der Waals surface area contributed by atoms with Crippen molar-refractivity contribution in [2.24, 2.45) is 0 Å². The molecule has 3 nitrogen and oxygen atoms in total. The summed E-state index contributed by atoms with van der Waals surface area (Å²) in [7, 11) is 0. The molecule has 0 spiro atoms. The zero-order chi connectivity index (χ0) is 5.98. The van der Waals surface area contributed by atoms with Crippen molar-refractivity contribution in [2.75, 3.05) is 0 Å². The van der Waals surface area contributed by atoms with E-state index in [0.717, 1.165) is 0 Å². The van der Waals surface area contributed by atoms with Crippen LogP contribution in [0.25, 0.3) is 0 Å². The standard InChI is InChI=1S/C8H10.2Ce.3O/c1-7-3-5-8(2)6-4-7;;;;;/h3-6H,1-2H3;;;;;/q;2*+3;3*-2. The van der Waals surface area contributed by atoms with Crippen molar-refractivity contribution in [1.29, 1.82) is 0 Å². The minimum absolute atomic E-state index is 0. The van der Waals surface area contributed by atoms with Gasteiger partial charge in [0.15, 0.2) is 0 Å². The molecule has 0 aromatic heterocycles. The van der Waals surface area contributed by atoms with Crippen LogP contribution in [0.1, 0.15) is 11.1 Å². The Kier molecular flexibility index (Phi) is 36.8. The summed E-state index contributed by atoms with van der Waals surface area (Å²) in [5.74, 6) is 0. The summed E-state index contributed by atoms with van der Waals surface area (Å²) < 4.78 is 0. The third-order valence-corrected chi connectivity index (χ3v) is 1.22. The molecule has 2 radical (unpaired) electrons. The van der Waals surface area contributed by atoms with E-state index in [4.69, 9.17) is 0 Å². The molecule has 0 amide bonds. The Morgan fingerprint density at radius 1 is 0.615 bits per heavy atom. The summed E-state index contributed by atoms with van der Waals surface area (Å²) in [5.41, 5.74) is 2.66. The first-order valence-corrected chi connectivity index (χ1v) is 2.82. The molecule has 0 N–H and O–H groups in total. The van der Waals surface area contributed by atoms with Gasteiger partial charge in [-0.15, -0.1) is 0 Å². The Bertz CT molecular complexity index is 156. The van der Waals surface area contributed by atoms with Crippen LogP contribution < -0.4 is 0 Å². The average molecular weight is 434 g/mol. The molecule has 13 heavy (non-hydrogen) atoms. The molecule has 5 heteroatoms. The van der Waals surface area contributed by atoms with E-state index in [1.165, 1.54) is 11.1 Å². The number of hydrogen-bond acceptors (Lipinski definition) is 0. The second-order valence-electron chi connectivity index (χ2n) is 2.15. The summed E-state index contributed by atoms with van der Waals surface area (Å²) in [6.07, 6.45) is 0. The van der Waals surface area contributed by atoms with Crippen LogP contribution in [-0.4, -0.2) is 0 Å². The molecule has 68 valence electrons. The van der Waals surface area contributed by atoms with Crippen LogP contribution in [-0.2, 0) is 16.4 Å². The van der Waals surface area contributed by atoms with Gasteiger partial charge in [0.25, 0.3) is 0 Å². The molecule has 0 unspecified atom stereocenters. The van der Waals surface area contributed by atoms with E-state index in [-0.39, 0.29) is 99.9 Å². The van der Waals surface area contributed by atoms with Gasteiger partial charge in [0, 0.05) is 0 Å². The first kappa shape index (κ1) is 29.4. The maximum Gasteiger partial charge on any atom is 3.00 e. The van der Waals surface area contributed by atoms with Gasteiger partial charge in [-0.25, -0.2) is 0 Å². The first-order valence-electron chi connectivity index (χ1n) is 2.82. The molecule has 0 heterocycles. The van der Waals surface area contributed by atoms with Crippen molar-refractivity contribution in [3.05, 3.63) is 35.4 Å². The topological polar surface area (TPSA) is 85.5 Å². The second kappa shape index (κ2) is 16.3. The quantitative estimate of drug-likeness (QED) is 0.598. The smallest absolute Gasteiger partial charge is 2.00 e. The van der Waals surface area contributed by atoms with Crippen molar-refractivity contribution in [1.82, 2.24) is 0 Å². The summed E-state index contributed by atoms with van der Waals surface area (Å²) >= 11 is 0. The summed E-state index contributed by atoms with van der Waals surface area (Å²) in [4.78, 5) is 0. The van der Waals surface area contributed by atoms with Gasteiger partial charge >= 0.3 is 83.5 Å². The zero-order valence-electron chi connectivity index (χ0n) is 7.53. The predicted octanol–water partition coefficient (Wildman–Crippen LogP) is 1.95. The molecule has 0 saturated heterocycles. The molecular weight excluding hydrogens is 424 g/mol. The summed E-state index contributed by atoms with van der Waals surface area (Å²) in [5, 5.41) is 0. The van der Waals surface area contributed by atoms with Crippen LogP contribution in [0.2, 0.25) is 0 Å². The fourth-order valence-corrected chi connectivity index (χ4v) is 0.637. The third kappa shape index (κ3) is 13.9. The fraction of sp³-hybridized carbons (Fsp3) is 0.250. The van der Waals surface area contributed by atoms with Crippen molar-refractivity contribution in [2.45, 2.75) is 13.8 Å². The van der Waals surface area contributed by atoms with Gasteiger partial charge in [-0.3, -0.25) is 0 Å². The van der Waals surface area contributed by atoms with E-state index in [2.05, 4.69) is 38.1 Å². The van der Waals surface area contributed by atoms with Crippen molar-refractivity contribution in [3.8, 4) is 0 Å². The van der Waals surface area contributed by atoms with Crippen LogP contribution >= 0.6 is 0 Å². The third-order valence-electron chi connectivity index (χ3n) is 1.22. The van der Waals surface area contributed by atoms with E-state index in [0.29, 0.717) is 0 Å². The van der Waals surface area contributed by atoms with E-state index >= 15 is 0 Å². The Labute approximate surface area is 146 Å². The van der Waals surface area contributed by atoms with Gasteiger partial charge in [0.2, 0.25) is 0 Å². The number of benzene rings is 1. The van der Waals surface area contributed by atoms with Gasteiger partial charge in [-0.2, -0.15) is 0 Å². The van der Waals surface area contributed by atoms with Crippen LogP contribution in [0.4, 0.5) is 0 Å². The van der Waals surface area contributed by atoms with E-state index in [9.17, 15) is 0 Å². The molecule has 0 aliphatic carbocycles. The number of aryl methyl sites for hydroxylation is 2. The Hall–Kier alpha value is 1.85.